The van der Waals surface area contributed by atoms with Crippen LogP contribution in [0.15, 0.2) is 22.8 Å². The van der Waals surface area contributed by atoms with Gasteiger partial charge in [0.15, 0.2) is 0 Å². The summed E-state index contributed by atoms with van der Waals surface area (Å²) in [5.41, 5.74) is 0.0596. The van der Waals surface area contributed by atoms with E-state index >= 15 is 0 Å². The molecule has 1 aromatic rings. The second-order valence-corrected chi connectivity index (χ2v) is 2.92. The average molecular weight is 270 g/mol. The van der Waals surface area contributed by atoms with E-state index in [2.05, 4.69) is 20.9 Å². The summed E-state index contributed by atoms with van der Waals surface area (Å²) in [6, 6.07) is 4.62. The number of aromatic nitrogens is 1. The Morgan fingerprint density at radius 2 is 2.23 bits per heavy atom. The van der Waals surface area contributed by atoms with Gasteiger partial charge in [-0.05, 0) is 28.1 Å². The van der Waals surface area contributed by atoms with Crippen molar-refractivity contribution in [1.82, 2.24) is 4.98 Å². The van der Waals surface area contributed by atoms with Crippen molar-refractivity contribution < 1.29 is 66.4 Å². The minimum Gasteiger partial charge on any atom is -0.547 e. The number of carbonyl (C=O) groups excluding carboxylic acids is 1. The fraction of sp³-hybridized carbons (Fsp3) is 0.143. The molecule has 1 atom stereocenters. The molecule has 0 spiro atoms. The molecule has 13 heavy (non-hydrogen) atoms. The Bertz CT molecular complexity index is 308. The van der Waals surface area contributed by atoms with Gasteiger partial charge in [-0.15, -0.1) is 0 Å². The molecule has 1 unspecified atom stereocenters. The van der Waals surface area contributed by atoms with Gasteiger partial charge in [-0.1, -0.05) is 6.07 Å². The number of rotatable bonds is 2. The van der Waals surface area contributed by atoms with Crippen molar-refractivity contribution >= 4 is 21.9 Å². The molecule has 0 saturated heterocycles. The molecule has 1 rings (SSSR count). The van der Waals surface area contributed by atoms with Gasteiger partial charge >= 0.3 is 51.4 Å². The molecule has 0 fully saturated rings. The molecule has 4 nitrogen and oxygen atoms in total. The normalized spacial score (nSPS) is 11.5. The van der Waals surface area contributed by atoms with Crippen molar-refractivity contribution in [2.75, 3.05) is 0 Å². The van der Waals surface area contributed by atoms with Crippen LogP contribution >= 0.6 is 15.9 Å². The summed E-state index contributed by atoms with van der Waals surface area (Å²) >= 11 is 3.04. The van der Waals surface area contributed by atoms with E-state index in [1.807, 2.05) is 0 Å². The second-order valence-electron chi connectivity index (χ2n) is 2.11. The summed E-state index contributed by atoms with van der Waals surface area (Å²) in [6.07, 6.45) is -1.66. The van der Waals surface area contributed by atoms with Gasteiger partial charge in [-0.25, -0.2) is 4.98 Å². The van der Waals surface area contributed by atoms with E-state index in [0.717, 1.165) is 0 Å². The van der Waals surface area contributed by atoms with Crippen LogP contribution in [0.3, 0.4) is 0 Å². The minimum absolute atomic E-state index is 0. The van der Waals surface area contributed by atoms with Gasteiger partial charge in [-0.3, -0.25) is 0 Å². The number of aliphatic hydroxyl groups excluding tert-OH is 1. The van der Waals surface area contributed by atoms with Crippen LogP contribution in [0.5, 0.6) is 0 Å². The fourth-order valence-electron chi connectivity index (χ4n) is 0.697. The topological polar surface area (TPSA) is 73.2 Å². The maximum absolute atomic E-state index is 10.2. The number of aliphatic hydroxyl groups is 1. The predicted molar refractivity (Wildman–Crippen MR) is 41.9 cm³/mol. The third kappa shape index (κ3) is 4.16. The van der Waals surface area contributed by atoms with Gasteiger partial charge in [-0.2, -0.15) is 0 Å². The number of carboxylic acids is 1. The minimum atomic E-state index is -1.66. The third-order valence-corrected chi connectivity index (χ3v) is 1.68. The number of hydrogen-bond acceptors (Lipinski definition) is 4. The van der Waals surface area contributed by atoms with E-state index in [1.54, 1.807) is 12.1 Å². The van der Waals surface area contributed by atoms with Crippen LogP contribution in [0.2, 0.25) is 0 Å². The van der Waals surface area contributed by atoms with Crippen molar-refractivity contribution in [2.45, 2.75) is 6.10 Å². The largest absolute Gasteiger partial charge is 1.00 e. The van der Waals surface area contributed by atoms with E-state index < -0.39 is 12.1 Å². The van der Waals surface area contributed by atoms with Crippen molar-refractivity contribution in [3.8, 4) is 0 Å². The monoisotopic (exact) mass is 269 g/mol. The molecule has 0 bridgehead atoms. The smallest absolute Gasteiger partial charge is 0.547 e. The third-order valence-electron chi connectivity index (χ3n) is 1.24. The van der Waals surface area contributed by atoms with Gasteiger partial charge in [0.1, 0.15) is 10.7 Å². The second kappa shape index (κ2) is 6.23. The average Bonchev–Trinajstić information content (AvgIpc) is 2.03. The Morgan fingerprint density at radius 1 is 1.62 bits per heavy atom. The van der Waals surface area contributed by atoms with E-state index in [0.29, 0.717) is 4.60 Å². The van der Waals surface area contributed by atoms with Crippen molar-refractivity contribution in [2.24, 2.45) is 0 Å². The number of halogens is 1. The Morgan fingerprint density at radius 3 is 2.69 bits per heavy atom. The first-order valence-corrected chi connectivity index (χ1v) is 3.92. The van der Waals surface area contributed by atoms with Crippen molar-refractivity contribution in [1.29, 1.82) is 0 Å². The molecule has 1 N–H and O–H groups in total. The van der Waals surface area contributed by atoms with Gasteiger partial charge in [0.2, 0.25) is 0 Å². The van der Waals surface area contributed by atoms with Gasteiger partial charge in [0, 0.05) is 0 Å². The molecule has 0 saturated carbocycles. The standard InChI is InChI=1S/C7H6BrNO3.K/c8-5-3-1-2-4(9-5)6(10)7(11)12;/h1-3,6,10H,(H,11,12);/q;+1/p-1. The molecular formula is C7H5BrKNO3. The quantitative estimate of drug-likeness (QED) is 0.450. The zero-order valence-corrected chi connectivity index (χ0v) is 11.6. The molecule has 0 aromatic carbocycles. The first-order valence-electron chi connectivity index (χ1n) is 3.12. The van der Waals surface area contributed by atoms with Gasteiger partial charge < -0.3 is 15.0 Å². The summed E-state index contributed by atoms with van der Waals surface area (Å²) in [4.78, 5) is 13.9. The number of aliphatic carboxylic acids is 1. The summed E-state index contributed by atoms with van der Waals surface area (Å²) in [6.45, 7) is 0. The summed E-state index contributed by atoms with van der Waals surface area (Å²) in [5, 5.41) is 19.2. The molecule has 0 amide bonds. The number of carboxylic acid groups (broad SMARTS) is 1. The number of hydrogen-bond donors (Lipinski definition) is 1. The van der Waals surface area contributed by atoms with E-state index in [9.17, 15) is 9.90 Å². The van der Waals surface area contributed by atoms with E-state index in [-0.39, 0.29) is 57.1 Å². The number of pyridine rings is 1. The number of nitrogens with zero attached hydrogens (tertiary/aromatic N) is 1. The molecule has 0 aliphatic rings. The first-order chi connectivity index (χ1) is 5.61. The molecule has 0 radical (unpaired) electrons. The Hall–Kier alpha value is 0.696. The predicted octanol–water partition coefficient (Wildman–Crippen LogP) is -3.37. The Balaban J connectivity index is 0.00000144. The zero-order chi connectivity index (χ0) is 9.14. The summed E-state index contributed by atoms with van der Waals surface area (Å²) in [7, 11) is 0. The SMILES string of the molecule is O=C([O-])C(O)c1cccc(Br)n1.[K+]. The summed E-state index contributed by atoms with van der Waals surface area (Å²) in [5.74, 6) is -1.55. The Labute approximate surface area is 126 Å². The molecule has 0 aliphatic heterocycles. The van der Waals surface area contributed by atoms with E-state index in [4.69, 9.17) is 5.11 Å². The first kappa shape index (κ1) is 13.7. The zero-order valence-electron chi connectivity index (χ0n) is 6.90. The van der Waals surface area contributed by atoms with Gasteiger partial charge in [0.05, 0.1) is 11.7 Å². The van der Waals surface area contributed by atoms with Crippen LogP contribution in [-0.4, -0.2) is 16.1 Å². The maximum Gasteiger partial charge on any atom is 1.00 e. The number of carbonyl (C=O) groups is 1. The molecule has 1 heterocycles. The van der Waals surface area contributed by atoms with Crippen LogP contribution in [0.1, 0.15) is 11.8 Å². The van der Waals surface area contributed by atoms with E-state index in [1.165, 1.54) is 6.07 Å². The van der Waals surface area contributed by atoms with Crippen LogP contribution < -0.4 is 56.5 Å². The van der Waals surface area contributed by atoms with Gasteiger partial charge in [0.25, 0.3) is 0 Å². The van der Waals surface area contributed by atoms with Crippen LogP contribution in [0.25, 0.3) is 0 Å². The van der Waals surface area contributed by atoms with Crippen molar-refractivity contribution in [3.63, 3.8) is 0 Å². The van der Waals surface area contributed by atoms with Crippen LogP contribution in [0.4, 0.5) is 0 Å². The Kier molecular flexibility index (Phi) is 6.56. The summed E-state index contributed by atoms with van der Waals surface area (Å²) < 4.78 is 0.473. The van der Waals surface area contributed by atoms with Crippen LogP contribution in [0, 0.1) is 0 Å². The van der Waals surface area contributed by atoms with Crippen LogP contribution in [-0.2, 0) is 4.79 Å². The molecule has 1 aromatic heterocycles. The molecular weight excluding hydrogens is 265 g/mol. The molecule has 64 valence electrons. The molecule has 6 heteroatoms. The maximum atomic E-state index is 10.2. The molecule has 0 aliphatic carbocycles. The fourth-order valence-corrected chi connectivity index (χ4v) is 1.05. The van der Waals surface area contributed by atoms with Crippen molar-refractivity contribution in [3.05, 3.63) is 28.5 Å².